The van der Waals surface area contributed by atoms with Crippen molar-refractivity contribution >= 4 is 5.96 Å². The number of hydrogen-bond acceptors (Lipinski definition) is 2. The molecule has 1 aromatic rings. The Labute approximate surface area is 87.7 Å². The van der Waals surface area contributed by atoms with Crippen LogP contribution in [0.5, 0.6) is 5.75 Å². The summed E-state index contributed by atoms with van der Waals surface area (Å²) in [4.78, 5) is 3.78. The van der Waals surface area contributed by atoms with Crippen LogP contribution < -0.4 is 16.2 Å². The van der Waals surface area contributed by atoms with E-state index < -0.39 is 0 Å². The molecule has 1 aromatic carbocycles. The molecule has 0 amide bonds. The van der Waals surface area contributed by atoms with Gasteiger partial charge in [-0.3, -0.25) is 4.99 Å². The van der Waals surface area contributed by atoms with Crippen LogP contribution in [0.1, 0.15) is 6.42 Å². The van der Waals surface area contributed by atoms with Gasteiger partial charge in [-0.25, -0.2) is 4.39 Å². The van der Waals surface area contributed by atoms with Gasteiger partial charge in [-0.05, 0) is 12.1 Å². The fourth-order valence-electron chi connectivity index (χ4n) is 1.02. The molecule has 0 heterocycles. The number of benzene rings is 1. The first-order valence-electron chi connectivity index (χ1n) is 4.63. The molecule has 0 aliphatic heterocycles. The molecule has 0 radical (unpaired) electrons. The monoisotopic (exact) mass is 211 g/mol. The van der Waals surface area contributed by atoms with Crippen LogP contribution in [0.2, 0.25) is 0 Å². The molecule has 5 heteroatoms. The molecule has 4 N–H and O–H groups in total. The van der Waals surface area contributed by atoms with Gasteiger partial charge < -0.3 is 16.2 Å². The number of ether oxygens (including phenoxy) is 1. The summed E-state index contributed by atoms with van der Waals surface area (Å²) in [7, 11) is 0. The van der Waals surface area contributed by atoms with Crippen LogP contribution in [-0.2, 0) is 0 Å². The lowest BCUT2D eigenvalue weighted by atomic mass is 10.3. The zero-order valence-electron chi connectivity index (χ0n) is 8.32. The maximum Gasteiger partial charge on any atom is 0.185 e. The molecular weight excluding hydrogens is 197 g/mol. The van der Waals surface area contributed by atoms with Gasteiger partial charge in [0.2, 0.25) is 0 Å². The predicted molar refractivity (Wildman–Crippen MR) is 57.2 cm³/mol. The summed E-state index contributed by atoms with van der Waals surface area (Å²) < 4.78 is 18.2. The first kappa shape index (κ1) is 11.3. The number of rotatable bonds is 5. The van der Waals surface area contributed by atoms with Crippen LogP contribution in [0.4, 0.5) is 4.39 Å². The Morgan fingerprint density at radius 3 is 2.73 bits per heavy atom. The summed E-state index contributed by atoms with van der Waals surface area (Å²) in [6.45, 7) is 0.870. The van der Waals surface area contributed by atoms with Gasteiger partial charge >= 0.3 is 0 Å². The zero-order valence-corrected chi connectivity index (χ0v) is 8.32. The summed E-state index contributed by atoms with van der Waals surface area (Å²) in [6, 6.07) is 6.26. The van der Waals surface area contributed by atoms with E-state index in [-0.39, 0.29) is 17.5 Å². The van der Waals surface area contributed by atoms with Crippen molar-refractivity contribution in [3.8, 4) is 5.75 Å². The summed E-state index contributed by atoms with van der Waals surface area (Å²) in [5, 5.41) is 0. The van der Waals surface area contributed by atoms with Crippen LogP contribution in [0.25, 0.3) is 0 Å². The zero-order chi connectivity index (χ0) is 11.1. The Hall–Kier alpha value is -1.78. The van der Waals surface area contributed by atoms with Gasteiger partial charge in [0.25, 0.3) is 0 Å². The van der Waals surface area contributed by atoms with Crippen molar-refractivity contribution in [2.45, 2.75) is 6.42 Å². The molecule has 0 aromatic heterocycles. The Bertz CT molecular complexity index is 337. The van der Waals surface area contributed by atoms with Crippen LogP contribution in [0, 0.1) is 5.82 Å². The van der Waals surface area contributed by atoms with Crippen molar-refractivity contribution in [3.05, 3.63) is 30.1 Å². The van der Waals surface area contributed by atoms with Gasteiger partial charge in [-0.15, -0.1) is 0 Å². The lowest BCUT2D eigenvalue weighted by Crippen LogP contribution is -2.23. The minimum atomic E-state index is -0.362. The topological polar surface area (TPSA) is 73.6 Å². The summed E-state index contributed by atoms with van der Waals surface area (Å²) in [6.07, 6.45) is 0.645. The second kappa shape index (κ2) is 5.85. The smallest absolute Gasteiger partial charge is 0.185 e. The minimum absolute atomic E-state index is 0.0564. The summed E-state index contributed by atoms with van der Waals surface area (Å²) >= 11 is 0. The first-order chi connectivity index (χ1) is 7.20. The average Bonchev–Trinajstić information content (AvgIpc) is 2.20. The molecule has 0 unspecified atom stereocenters. The Morgan fingerprint density at radius 2 is 2.07 bits per heavy atom. The molecule has 0 spiro atoms. The van der Waals surface area contributed by atoms with Gasteiger partial charge in [0.1, 0.15) is 0 Å². The standard InChI is InChI=1S/C10H14FN3O/c11-8-4-1-2-5-9(8)15-7-3-6-14-10(12)13/h1-2,4-5H,3,6-7H2,(H4,12,13,14). The first-order valence-corrected chi connectivity index (χ1v) is 4.63. The maximum atomic E-state index is 13.0. The number of nitrogens with two attached hydrogens (primary N) is 2. The van der Waals surface area contributed by atoms with Gasteiger partial charge in [0.05, 0.1) is 6.61 Å². The molecule has 82 valence electrons. The predicted octanol–water partition coefficient (Wildman–Crippen LogP) is 0.868. The second-order valence-electron chi connectivity index (χ2n) is 2.94. The van der Waals surface area contributed by atoms with Crippen LogP contribution >= 0.6 is 0 Å². The highest BCUT2D eigenvalue weighted by atomic mass is 19.1. The Morgan fingerprint density at radius 1 is 1.33 bits per heavy atom. The molecule has 0 bridgehead atoms. The lowest BCUT2D eigenvalue weighted by Gasteiger charge is -2.05. The fraction of sp³-hybridized carbons (Fsp3) is 0.300. The van der Waals surface area contributed by atoms with E-state index in [9.17, 15) is 4.39 Å². The van der Waals surface area contributed by atoms with Crippen LogP contribution in [0.15, 0.2) is 29.3 Å². The number of para-hydroxylation sites is 1. The van der Waals surface area contributed by atoms with E-state index in [1.807, 2.05) is 0 Å². The van der Waals surface area contributed by atoms with Crippen molar-refractivity contribution in [2.75, 3.05) is 13.2 Å². The quantitative estimate of drug-likeness (QED) is 0.431. The Balaban J connectivity index is 2.26. The number of guanidine groups is 1. The minimum Gasteiger partial charge on any atom is -0.490 e. The highest BCUT2D eigenvalue weighted by Crippen LogP contribution is 2.15. The van der Waals surface area contributed by atoms with Gasteiger partial charge in [0.15, 0.2) is 17.5 Å². The van der Waals surface area contributed by atoms with Crippen molar-refractivity contribution in [1.29, 1.82) is 0 Å². The summed E-state index contributed by atoms with van der Waals surface area (Å²) in [5.74, 6) is -0.0533. The number of aliphatic imine (C=N–C) groups is 1. The third-order valence-corrected chi connectivity index (χ3v) is 1.69. The van der Waals surface area contributed by atoms with Crippen molar-refractivity contribution in [3.63, 3.8) is 0 Å². The third kappa shape index (κ3) is 4.30. The highest BCUT2D eigenvalue weighted by Gasteiger charge is 1.99. The molecule has 1 rings (SSSR count). The van der Waals surface area contributed by atoms with E-state index in [2.05, 4.69) is 4.99 Å². The number of nitrogens with zero attached hydrogens (tertiary/aromatic N) is 1. The average molecular weight is 211 g/mol. The molecule has 0 aliphatic rings. The second-order valence-corrected chi connectivity index (χ2v) is 2.94. The maximum absolute atomic E-state index is 13.0. The lowest BCUT2D eigenvalue weighted by molar-refractivity contribution is 0.298. The fourth-order valence-corrected chi connectivity index (χ4v) is 1.02. The van der Waals surface area contributed by atoms with Gasteiger partial charge in [0, 0.05) is 13.0 Å². The van der Waals surface area contributed by atoms with E-state index in [0.717, 1.165) is 0 Å². The van der Waals surface area contributed by atoms with E-state index in [1.54, 1.807) is 18.2 Å². The number of halogens is 1. The molecule has 0 fully saturated rings. The summed E-state index contributed by atoms with van der Waals surface area (Å²) in [5.41, 5.74) is 10.3. The van der Waals surface area contributed by atoms with Crippen LogP contribution in [-0.4, -0.2) is 19.1 Å². The highest BCUT2D eigenvalue weighted by molar-refractivity contribution is 5.75. The largest absolute Gasteiger partial charge is 0.490 e. The molecule has 4 nitrogen and oxygen atoms in total. The molecule has 0 atom stereocenters. The van der Waals surface area contributed by atoms with E-state index in [4.69, 9.17) is 16.2 Å². The van der Waals surface area contributed by atoms with E-state index >= 15 is 0 Å². The van der Waals surface area contributed by atoms with Crippen molar-refractivity contribution in [1.82, 2.24) is 0 Å². The molecule has 0 saturated heterocycles. The third-order valence-electron chi connectivity index (χ3n) is 1.69. The molecule has 15 heavy (non-hydrogen) atoms. The Kier molecular flexibility index (Phi) is 4.40. The molecule has 0 aliphatic carbocycles. The SMILES string of the molecule is NC(N)=NCCCOc1ccccc1F. The van der Waals surface area contributed by atoms with Gasteiger partial charge in [-0.2, -0.15) is 0 Å². The van der Waals surface area contributed by atoms with Crippen LogP contribution in [0.3, 0.4) is 0 Å². The van der Waals surface area contributed by atoms with Crippen molar-refractivity contribution < 1.29 is 9.13 Å². The van der Waals surface area contributed by atoms with E-state index in [0.29, 0.717) is 19.6 Å². The van der Waals surface area contributed by atoms with E-state index in [1.165, 1.54) is 6.07 Å². The molecular formula is C10H14FN3O. The number of hydrogen-bond donors (Lipinski definition) is 2. The van der Waals surface area contributed by atoms with Gasteiger partial charge in [-0.1, -0.05) is 12.1 Å². The normalized spacial score (nSPS) is 9.67. The molecule has 0 saturated carbocycles. The van der Waals surface area contributed by atoms with Crippen molar-refractivity contribution in [2.24, 2.45) is 16.5 Å².